The number of benzene rings is 2. The van der Waals surface area contributed by atoms with E-state index in [0.717, 1.165) is 5.69 Å². The van der Waals surface area contributed by atoms with E-state index in [0.29, 0.717) is 23.0 Å². The van der Waals surface area contributed by atoms with Crippen LogP contribution in [0.1, 0.15) is 11.3 Å². The monoisotopic (exact) mass is 352 g/mol. The van der Waals surface area contributed by atoms with Crippen LogP contribution in [0.5, 0.6) is 0 Å². The van der Waals surface area contributed by atoms with E-state index in [1.54, 1.807) is 36.6 Å². The van der Waals surface area contributed by atoms with Crippen molar-refractivity contribution < 1.29 is 9.21 Å². The van der Waals surface area contributed by atoms with E-state index < -0.39 is 0 Å². The molecular weight excluding hydrogens is 336 g/mol. The first-order valence-electron chi connectivity index (χ1n) is 7.80. The molecule has 2 N–H and O–H groups in total. The molecule has 0 aliphatic carbocycles. The molecule has 3 rings (SSSR count). The molecule has 1 amide bonds. The van der Waals surface area contributed by atoms with Crippen LogP contribution in [-0.4, -0.2) is 5.91 Å². The van der Waals surface area contributed by atoms with E-state index in [1.807, 2.05) is 36.4 Å². The summed E-state index contributed by atoms with van der Waals surface area (Å²) >= 11 is 6.29. The van der Waals surface area contributed by atoms with Gasteiger partial charge in [-0.25, -0.2) is 0 Å². The van der Waals surface area contributed by atoms with Gasteiger partial charge in [0.2, 0.25) is 5.91 Å². The summed E-state index contributed by atoms with van der Waals surface area (Å²) in [6.07, 6.45) is 4.57. The zero-order valence-electron chi connectivity index (χ0n) is 13.4. The summed E-state index contributed by atoms with van der Waals surface area (Å²) in [4.78, 5) is 11.9. The number of anilines is 2. The number of carbonyl (C=O) groups excluding carboxylic acids is 1. The summed E-state index contributed by atoms with van der Waals surface area (Å²) in [5, 5.41) is 6.59. The van der Waals surface area contributed by atoms with Gasteiger partial charge in [-0.05, 0) is 42.0 Å². The average molecular weight is 353 g/mol. The first-order valence-corrected chi connectivity index (χ1v) is 8.18. The van der Waals surface area contributed by atoms with E-state index in [2.05, 4.69) is 10.6 Å². The Hall–Kier alpha value is -2.98. The zero-order valence-corrected chi connectivity index (χ0v) is 14.2. The van der Waals surface area contributed by atoms with Crippen molar-refractivity contribution in [3.8, 4) is 0 Å². The lowest BCUT2D eigenvalue weighted by Gasteiger charge is -2.10. The number of carbonyl (C=O) groups is 1. The van der Waals surface area contributed by atoms with Gasteiger partial charge in [-0.3, -0.25) is 4.79 Å². The largest absolute Gasteiger partial charge is 0.465 e. The van der Waals surface area contributed by atoms with Crippen molar-refractivity contribution in [3.63, 3.8) is 0 Å². The van der Waals surface area contributed by atoms with Gasteiger partial charge in [0.15, 0.2) is 0 Å². The molecule has 1 aromatic heterocycles. The summed E-state index contributed by atoms with van der Waals surface area (Å²) < 4.78 is 5.14. The standard InChI is InChI=1S/C20H17ClN2O2/c21-18-13-16(23-20(24)11-9-17-7-4-12-25-17)8-10-19(18)22-14-15-5-2-1-3-6-15/h1-13,22H,14H2,(H,23,24). The highest BCUT2D eigenvalue weighted by Crippen LogP contribution is 2.26. The molecule has 0 bridgehead atoms. The fourth-order valence-corrected chi connectivity index (χ4v) is 2.50. The molecule has 3 aromatic rings. The summed E-state index contributed by atoms with van der Waals surface area (Å²) in [7, 11) is 0. The Morgan fingerprint density at radius 3 is 2.64 bits per heavy atom. The molecule has 0 unspecified atom stereocenters. The van der Waals surface area contributed by atoms with Crippen LogP contribution >= 0.6 is 11.6 Å². The molecule has 1 heterocycles. The van der Waals surface area contributed by atoms with Crippen molar-refractivity contribution in [2.45, 2.75) is 6.54 Å². The van der Waals surface area contributed by atoms with Crippen LogP contribution in [0.2, 0.25) is 5.02 Å². The van der Waals surface area contributed by atoms with Gasteiger partial charge in [-0.2, -0.15) is 0 Å². The number of rotatable bonds is 6. The third kappa shape index (κ3) is 4.99. The van der Waals surface area contributed by atoms with Crippen molar-refractivity contribution in [1.82, 2.24) is 0 Å². The van der Waals surface area contributed by atoms with Gasteiger partial charge in [-0.15, -0.1) is 0 Å². The summed E-state index contributed by atoms with van der Waals surface area (Å²) in [6, 6.07) is 19.0. The highest BCUT2D eigenvalue weighted by atomic mass is 35.5. The number of halogens is 1. The fraction of sp³-hybridized carbons (Fsp3) is 0.0500. The molecule has 0 saturated carbocycles. The quantitative estimate of drug-likeness (QED) is 0.600. The lowest BCUT2D eigenvalue weighted by atomic mass is 10.2. The van der Waals surface area contributed by atoms with Gasteiger partial charge in [0, 0.05) is 18.3 Å². The minimum Gasteiger partial charge on any atom is -0.465 e. The summed E-state index contributed by atoms with van der Waals surface area (Å²) in [5.41, 5.74) is 2.61. The molecular formula is C20H17ClN2O2. The Kier molecular flexibility index (Phi) is 5.54. The number of furan rings is 1. The average Bonchev–Trinajstić information content (AvgIpc) is 3.14. The Morgan fingerprint density at radius 2 is 1.92 bits per heavy atom. The number of amides is 1. The highest BCUT2D eigenvalue weighted by Gasteiger charge is 2.04. The minimum atomic E-state index is -0.252. The highest BCUT2D eigenvalue weighted by molar-refractivity contribution is 6.33. The summed E-state index contributed by atoms with van der Waals surface area (Å²) in [5.74, 6) is 0.367. The van der Waals surface area contributed by atoms with Crippen molar-refractivity contribution in [1.29, 1.82) is 0 Å². The minimum absolute atomic E-state index is 0.252. The molecule has 0 radical (unpaired) electrons. The maximum Gasteiger partial charge on any atom is 0.248 e. The Balaban J connectivity index is 1.58. The molecule has 0 aliphatic heterocycles. The van der Waals surface area contributed by atoms with Gasteiger partial charge in [0.05, 0.1) is 17.0 Å². The molecule has 0 spiro atoms. The van der Waals surface area contributed by atoms with Crippen LogP contribution in [0.4, 0.5) is 11.4 Å². The molecule has 0 fully saturated rings. The lowest BCUT2D eigenvalue weighted by molar-refractivity contribution is -0.111. The van der Waals surface area contributed by atoms with Crippen molar-refractivity contribution in [2.75, 3.05) is 10.6 Å². The molecule has 126 valence electrons. The first-order chi connectivity index (χ1) is 12.2. The predicted molar refractivity (Wildman–Crippen MR) is 102 cm³/mol. The predicted octanol–water partition coefficient (Wildman–Crippen LogP) is 5.20. The smallest absolute Gasteiger partial charge is 0.248 e. The molecule has 5 heteroatoms. The van der Waals surface area contributed by atoms with Crippen molar-refractivity contribution >= 4 is 35.0 Å². The lowest BCUT2D eigenvalue weighted by Crippen LogP contribution is -2.08. The van der Waals surface area contributed by atoms with Crippen LogP contribution in [0.25, 0.3) is 6.08 Å². The SMILES string of the molecule is O=C(C=Cc1ccco1)Nc1ccc(NCc2ccccc2)c(Cl)c1. The fourth-order valence-electron chi connectivity index (χ4n) is 2.26. The maximum atomic E-state index is 11.9. The van der Waals surface area contributed by atoms with E-state index in [9.17, 15) is 4.79 Å². The topological polar surface area (TPSA) is 54.3 Å². The number of hydrogen-bond acceptors (Lipinski definition) is 3. The molecule has 0 atom stereocenters. The molecule has 25 heavy (non-hydrogen) atoms. The third-order valence-electron chi connectivity index (χ3n) is 3.50. The van der Waals surface area contributed by atoms with Crippen LogP contribution < -0.4 is 10.6 Å². The second kappa shape index (κ2) is 8.22. The van der Waals surface area contributed by atoms with E-state index in [1.165, 1.54) is 11.6 Å². The third-order valence-corrected chi connectivity index (χ3v) is 3.82. The second-order valence-electron chi connectivity index (χ2n) is 5.37. The van der Waals surface area contributed by atoms with Gasteiger partial charge in [0.1, 0.15) is 5.76 Å². The van der Waals surface area contributed by atoms with E-state index >= 15 is 0 Å². The zero-order chi connectivity index (χ0) is 17.5. The van der Waals surface area contributed by atoms with Gasteiger partial charge in [-0.1, -0.05) is 41.9 Å². The molecule has 2 aromatic carbocycles. The Labute approximate surface area is 151 Å². The Bertz CT molecular complexity index is 859. The molecule has 0 saturated heterocycles. The molecule has 4 nitrogen and oxygen atoms in total. The van der Waals surface area contributed by atoms with Crippen molar-refractivity contribution in [2.24, 2.45) is 0 Å². The van der Waals surface area contributed by atoms with E-state index in [-0.39, 0.29) is 5.91 Å². The van der Waals surface area contributed by atoms with Crippen LogP contribution in [0.3, 0.4) is 0 Å². The number of hydrogen-bond donors (Lipinski definition) is 2. The first kappa shape index (κ1) is 16.9. The van der Waals surface area contributed by atoms with Gasteiger partial charge < -0.3 is 15.1 Å². The van der Waals surface area contributed by atoms with Gasteiger partial charge >= 0.3 is 0 Å². The van der Waals surface area contributed by atoms with E-state index in [4.69, 9.17) is 16.0 Å². The number of nitrogens with one attached hydrogen (secondary N) is 2. The van der Waals surface area contributed by atoms with Crippen LogP contribution in [0, 0.1) is 0 Å². The summed E-state index contributed by atoms with van der Waals surface area (Å²) in [6.45, 7) is 0.679. The normalized spacial score (nSPS) is 10.8. The van der Waals surface area contributed by atoms with Crippen molar-refractivity contribution in [3.05, 3.63) is 89.3 Å². The molecule has 0 aliphatic rings. The van der Waals surface area contributed by atoms with Crippen LogP contribution in [0.15, 0.2) is 77.4 Å². The van der Waals surface area contributed by atoms with Crippen LogP contribution in [-0.2, 0) is 11.3 Å². The second-order valence-corrected chi connectivity index (χ2v) is 5.78. The Morgan fingerprint density at radius 1 is 1.08 bits per heavy atom. The maximum absolute atomic E-state index is 11.9. The van der Waals surface area contributed by atoms with Gasteiger partial charge in [0.25, 0.3) is 0 Å².